The van der Waals surface area contributed by atoms with Gasteiger partial charge < -0.3 is 15.4 Å². The molecule has 0 unspecified atom stereocenters. The van der Waals surface area contributed by atoms with Crippen molar-refractivity contribution in [2.45, 2.75) is 13.1 Å². The number of benzene rings is 1. The first-order valence-electron chi connectivity index (χ1n) is 6.27. The summed E-state index contributed by atoms with van der Waals surface area (Å²) in [4.78, 5) is 18.1. The average molecular weight is 326 g/mol. The summed E-state index contributed by atoms with van der Waals surface area (Å²) in [5, 5.41) is 3.06. The largest absolute Gasteiger partial charge is 0.496 e. The Balaban J connectivity index is 2.15. The number of nitrogens with two attached hydrogens (primary N) is 1. The fraction of sp³-hybridized carbons (Fsp3) is 0.286. The number of carbonyl (C=O) groups is 1. The van der Waals surface area contributed by atoms with Gasteiger partial charge in [0.1, 0.15) is 16.5 Å². The minimum absolute atomic E-state index is 0.159. The number of carbonyl (C=O) groups excluding carboxylic acids is 1. The van der Waals surface area contributed by atoms with Crippen molar-refractivity contribution in [3.05, 3.63) is 44.9 Å². The third-order valence-electron chi connectivity index (χ3n) is 2.94. The molecule has 0 aliphatic rings. The van der Waals surface area contributed by atoms with Crippen LogP contribution in [0.4, 0.5) is 0 Å². The average Bonchev–Trinajstić information content (AvgIpc) is 2.95. The lowest BCUT2D eigenvalue weighted by Gasteiger charge is -2.18. The zero-order valence-electron chi connectivity index (χ0n) is 11.8. The highest BCUT2D eigenvalue weighted by Gasteiger charge is 2.17. The van der Waals surface area contributed by atoms with Gasteiger partial charge in [-0.1, -0.05) is 11.6 Å². The predicted octanol–water partition coefficient (Wildman–Crippen LogP) is 2.54. The number of thiazole rings is 1. The van der Waals surface area contributed by atoms with Crippen molar-refractivity contribution in [2.24, 2.45) is 5.73 Å². The zero-order chi connectivity index (χ0) is 15.4. The van der Waals surface area contributed by atoms with E-state index in [0.29, 0.717) is 29.6 Å². The van der Waals surface area contributed by atoms with Gasteiger partial charge in [-0.3, -0.25) is 4.79 Å². The van der Waals surface area contributed by atoms with Crippen molar-refractivity contribution in [1.82, 2.24) is 9.88 Å². The van der Waals surface area contributed by atoms with Crippen LogP contribution in [0.2, 0.25) is 5.02 Å². The first-order chi connectivity index (χ1) is 10.0. The molecular weight excluding hydrogens is 310 g/mol. The highest BCUT2D eigenvalue weighted by Crippen LogP contribution is 2.24. The van der Waals surface area contributed by atoms with Crippen LogP contribution in [0, 0.1) is 0 Å². The molecule has 5 nitrogen and oxygen atoms in total. The third kappa shape index (κ3) is 3.72. The van der Waals surface area contributed by atoms with Crippen LogP contribution < -0.4 is 10.5 Å². The van der Waals surface area contributed by atoms with Crippen LogP contribution in [0.15, 0.2) is 23.6 Å². The summed E-state index contributed by atoms with van der Waals surface area (Å²) in [5.74, 6) is 0.535. The lowest BCUT2D eigenvalue weighted by atomic mass is 10.2. The molecule has 7 heteroatoms. The molecule has 21 heavy (non-hydrogen) atoms. The van der Waals surface area contributed by atoms with Crippen LogP contribution in [0.5, 0.6) is 5.75 Å². The van der Waals surface area contributed by atoms with Gasteiger partial charge in [0.05, 0.1) is 7.11 Å². The molecule has 0 atom stereocenters. The normalized spacial score (nSPS) is 10.5. The Hall–Kier alpha value is -1.63. The van der Waals surface area contributed by atoms with E-state index < -0.39 is 0 Å². The molecule has 0 spiro atoms. The van der Waals surface area contributed by atoms with Crippen LogP contribution in [0.3, 0.4) is 0 Å². The van der Waals surface area contributed by atoms with Gasteiger partial charge in [0.2, 0.25) is 0 Å². The summed E-state index contributed by atoms with van der Waals surface area (Å²) in [5.41, 5.74) is 6.76. The number of nitrogens with zero attached hydrogens (tertiary/aromatic N) is 2. The van der Waals surface area contributed by atoms with Crippen LogP contribution in [-0.4, -0.2) is 29.9 Å². The van der Waals surface area contributed by atoms with Gasteiger partial charge in [-0.2, -0.15) is 0 Å². The summed E-state index contributed by atoms with van der Waals surface area (Å²) in [7, 11) is 3.30. The molecule has 1 aromatic heterocycles. The second-order valence-electron chi connectivity index (χ2n) is 4.45. The van der Waals surface area contributed by atoms with E-state index in [2.05, 4.69) is 4.98 Å². The van der Waals surface area contributed by atoms with Gasteiger partial charge in [-0.05, 0) is 18.2 Å². The van der Waals surface area contributed by atoms with E-state index in [-0.39, 0.29) is 5.91 Å². The Morgan fingerprint density at radius 2 is 2.29 bits per heavy atom. The second-order valence-corrected chi connectivity index (χ2v) is 5.83. The monoisotopic (exact) mass is 325 g/mol. The first-order valence-corrected chi connectivity index (χ1v) is 7.53. The minimum atomic E-state index is -0.159. The van der Waals surface area contributed by atoms with Crippen molar-refractivity contribution in [3.63, 3.8) is 0 Å². The molecule has 2 N–H and O–H groups in total. The maximum atomic E-state index is 12.3. The Labute approximate surface area is 132 Å². The van der Waals surface area contributed by atoms with E-state index in [1.54, 1.807) is 42.6 Å². The fourth-order valence-corrected chi connectivity index (χ4v) is 2.74. The van der Waals surface area contributed by atoms with E-state index in [0.717, 1.165) is 10.6 Å². The van der Waals surface area contributed by atoms with Gasteiger partial charge in [0.25, 0.3) is 5.91 Å². The van der Waals surface area contributed by atoms with Crippen molar-refractivity contribution in [2.75, 3.05) is 14.2 Å². The molecule has 1 aromatic carbocycles. The first kappa shape index (κ1) is 15.8. The predicted molar refractivity (Wildman–Crippen MR) is 83.8 cm³/mol. The van der Waals surface area contributed by atoms with Gasteiger partial charge >= 0.3 is 0 Å². The summed E-state index contributed by atoms with van der Waals surface area (Å²) < 4.78 is 5.28. The van der Waals surface area contributed by atoms with E-state index in [1.165, 1.54) is 11.3 Å². The fourth-order valence-electron chi connectivity index (χ4n) is 1.90. The number of aromatic nitrogens is 1. The highest BCUT2D eigenvalue weighted by atomic mass is 35.5. The van der Waals surface area contributed by atoms with Crippen molar-refractivity contribution < 1.29 is 9.53 Å². The van der Waals surface area contributed by atoms with Crippen LogP contribution in [0.1, 0.15) is 21.1 Å². The zero-order valence-corrected chi connectivity index (χ0v) is 13.4. The van der Waals surface area contributed by atoms with Gasteiger partial charge in [0, 0.05) is 36.1 Å². The molecule has 0 aliphatic heterocycles. The Kier molecular flexibility index (Phi) is 5.17. The molecule has 112 valence electrons. The Bertz CT molecular complexity index is 645. The summed E-state index contributed by atoms with van der Waals surface area (Å²) in [6.07, 6.45) is 0. The topological polar surface area (TPSA) is 68.5 Å². The third-order valence-corrected chi connectivity index (χ3v) is 4.05. The molecule has 0 saturated carbocycles. The number of hydrogen-bond acceptors (Lipinski definition) is 5. The smallest absolute Gasteiger partial charge is 0.273 e. The molecule has 2 rings (SSSR count). The molecule has 2 aromatic rings. The standard InChI is InChI=1S/C14H16ClN3O2S/c1-18(14(19)11-8-21-13(6-16)17-11)7-9-5-10(15)3-4-12(9)20-2/h3-5,8H,6-7,16H2,1-2H3. The van der Waals surface area contributed by atoms with E-state index in [4.69, 9.17) is 22.1 Å². The molecule has 0 saturated heterocycles. The Morgan fingerprint density at radius 3 is 2.90 bits per heavy atom. The molecule has 0 bridgehead atoms. The summed E-state index contributed by atoms with van der Waals surface area (Å²) in [6.45, 7) is 0.724. The lowest BCUT2D eigenvalue weighted by molar-refractivity contribution is 0.0779. The van der Waals surface area contributed by atoms with E-state index in [9.17, 15) is 4.79 Å². The summed E-state index contributed by atoms with van der Waals surface area (Å²) in [6, 6.07) is 5.32. The minimum Gasteiger partial charge on any atom is -0.496 e. The number of methoxy groups -OCH3 is 1. The van der Waals surface area contributed by atoms with Crippen molar-refractivity contribution in [1.29, 1.82) is 0 Å². The molecule has 0 aliphatic carbocycles. The maximum absolute atomic E-state index is 12.3. The molecular formula is C14H16ClN3O2S. The molecule has 1 amide bonds. The second kappa shape index (κ2) is 6.89. The SMILES string of the molecule is COc1ccc(Cl)cc1CN(C)C(=O)c1csc(CN)n1. The van der Waals surface area contributed by atoms with Crippen LogP contribution in [0.25, 0.3) is 0 Å². The van der Waals surface area contributed by atoms with E-state index in [1.807, 2.05) is 0 Å². The van der Waals surface area contributed by atoms with Crippen LogP contribution >= 0.6 is 22.9 Å². The molecule has 0 fully saturated rings. The number of ether oxygens (including phenoxy) is 1. The van der Waals surface area contributed by atoms with Gasteiger partial charge in [0.15, 0.2) is 0 Å². The lowest BCUT2D eigenvalue weighted by Crippen LogP contribution is -2.26. The molecule has 0 radical (unpaired) electrons. The van der Waals surface area contributed by atoms with Gasteiger partial charge in [-0.15, -0.1) is 11.3 Å². The van der Waals surface area contributed by atoms with Crippen molar-refractivity contribution >= 4 is 28.8 Å². The molecule has 1 heterocycles. The number of amides is 1. The maximum Gasteiger partial charge on any atom is 0.273 e. The quantitative estimate of drug-likeness (QED) is 0.917. The number of rotatable bonds is 5. The van der Waals surface area contributed by atoms with Crippen LogP contribution in [-0.2, 0) is 13.1 Å². The highest BCUT2D eigenvalue weighted by molar-refractivity contribution is 7.09. The van der Waals surface area contributed by atoms with E-state index >= 15 is 0 Å². The number of halogens is 1. The Morgan fingerprint density at radius 1 is 1.52 bits per heavy atom. The number of hydrogen-bond donors (Lipinski definition) is 1. The summed E-state index contributed by atoms with van der Waals surface area (Å²) >= 11 is 7.37. The van der Waals surface area contributed by atoms with Crippen molar-refractivity contribution in [3.8, 4) is 5.75 Å². The van der Waals surface area contributed by atoms with Gasteiger partial charge in [-0.25, -0.2) is 4.98 Å².